The Morgan fingerprint density at radius 2 is 2.03 bits per heavy atom. The normalized spacial score (nSPS) is 12.2. The molecule has 0 bridgehead atoms. The van der Waals surface area contributed by atoms with E-state index in [9.17, 15) is 15.2 Å². The third-order valence-electron chi connectivity index (χ3n) is 5.02. The lowest BCUT2D eigenvalue weighted by atomic mass is 9.84. The van der Waals surface area contributed by atoms with E-state index in [1.807, 2.05) is 56.3 Å². The first-order chi connectivity index (χ1) is 14.2. The SMILES string of the molecule is COc1ccc(C(C)(C)C#N)cc1-c1cccc(C(CC(=O)O)c2nnc(C)o2)c1. The summed E-state index contributed by atoms with van der Waals surface area (Å²) in [4.78, 5) is 11.5. The number of ether oxygens (including phenoxy) is 1. The highest BCUT2D eigenvalue weighted by atomic mass is 16.5. The highest BCUT2D eigenvalue weighted by Crippen LogP contribution is 2.37. The molecule has 1 unspecified atom stereocenters. The quantitative estimate of drug-likeness (QED) is 0.618. The number of aromatic nitrogens is 2. The molecule has 3 rings (SSSR count). The molecule has 0 saturated heterocycles. The lowest BCUT2D eigenvalue weighted by molar-refractivity contribution is -0.137. The molecular weight excluding hydrogens is 382 g/mol. The molecule has 0 spiro atoms. The molecule has 7 heteroatoms. The maximum absolute atomic E-state index is 11.5. The summed E-state index contributed by atoms with van der Waals surface area (Å²) in [6.45, 7) is 5.38. The molecule has 30 heavy (non-hydrogen) atoms. The molecule has 7 nitrogen and oxygen atoms in total. The van der Waals surface area contributed by atoms with Gasteiger partial charge >= 0.3 is 5.97 Å². The van der Waals surface area contributed by atoms with Crippen molar-refractivity contribution in [2.45, 2.75) is 38.5 Å². The second-order valence-electron chi connectivity index (χ2n) is 7.59. The number of nitrogens with zero attached hydrogens (tertiary/aromatic N) is 3. The summed E-state index contributed by atoms with van der Waals surface area (Å²) in [6, 6.07) is 15.5. The number of methoxy groups -OCH3 is 1. The van der Waals surface area contributed by atoms with E-state index in [1.165, 1.54) is 0 Å². The monoisotopic (exact) mass is 405 g/mol. The number of rotatable bonds is 7. The van der Waals surface area contributed by atoms with Crippen LogP contribution >= 0.6 is 0 Å². The van der Waals surface area contributed by atoms with Gasteiger partial charge in [-0.25, -0.2) is 0 Å². The van der Waals surface area contributed by atoms with Crippen molar-refractivity contribution >= 4 is 5.97 Å². The van der Waals surface area contributed by atoms with E-state index in [2.05, 4.69) is 16.3 Å². The lowest BCUT2D eigenvalue weighted by Crippen LogP contribution is -2.14. The minimum absolute atomic E-state index is 0.177. The second-order valence-corrected chi connectivity index (χ2v) is 7.59. The molecule has 3 aromatic rings. The number of carbonyl (C=O) groups is 1. The van der Waals surface area contributed by atoms with Crippen LogP contribution in [-0.2, 0) is 10.2 Å². The van der Waals surface area contributed by atoms with Crippen LogP contribution in [0.25, 0.3) is 11.1 Å². The fourth-order valence-electron chi connectivity index (χ4n) is 3.28. The van der Waals surface area contributed by atoms with Gasteiger partial charge in [-0.15, -0.1) is 10.2 Å². The number of nitriles is 1. The largest absolute Gasteiger partial charge is 0.496 e. The van der Waals surface area contributed by atoms with E-state index in [0.717, 1.165) is 22.3 Å². The average molecular weight is 405 g/mol. The molecule has 0 fully saturated rings. The average Bonchev–Trinajstić information content (AvgIpc) is 3.17. The van der Waals surface area contributed by atoms with E-state index < -0.39 is 17.3 Å². The number of benzene rings is 2. The van der Waals surface area contributed by atoms with Crippen LogP contribution in [0.5, 0.6) is 5.75 Å². The summed E-state index contributed by atoms with van der Waals surface area (Å²) >= 11 is 0. The van der Waals surface area contributed by atoms with Gasteiger partial charge in [-0.05, 0) is 42.7 Å². The predicted octanol–water partition coefficient (Wildman–Crippen LogP) is 4.46. The molecule has 154 valence electrons. The van der Waals surface area contributed by atoms with Gasteiger partial charge in [0, 0.05) is 12.5 Å². The number of aryl methyl sites for hydroxylation is 1. The van der Waals surface area contributed by atoms with Gasteiger partial charge in [-0.1, -0.05) is 30.3 Å². The van der Waals surface area contributed by atoms with Crippen LogP contribution in [0.15, 0.2) is 46.9 Å². The molecule has 0 aliphatic carbocycles. The van der Waals surface area contributed by atoms with Crippen LogP contribution < -0.4 is 4.74 Å². The number of carboxylic acids is 1. The Bertz CT molecular complexity index is 1110. The molecule has 1 atom stereocenters. The number of carboxylic acid groups (broad SMARTS) is 1. The zero-order valence-corrected chi connectivity index (χ0v) is 17.3. The maximum atomic E-state index is 11.5. The summed E-state index contributed by atoms with van der Waals surface area (Å²) in [5.74, 6) is -0.235. The Hall–Kier alpha value is -3.66. The molecule has 0 radical (unpaired) electrons. The van der Waals surface area contributed by atoms with Crippen molar-refractivity contribution in [2.24, 2.45) is 0 Å². The van der Waals surface area contributed by atoms with Crippen LogP contribution in [-0.4, -0.2) is 28.4 Å². The summed E-state index contributed by atoms with van der Waals surface area (Å²) in [5, 5.41) is 26.8. The third-order valence-corrected chi connectivity index (χ3v) is 5.02. The second kappa shape index (κ2) is 8.37. The van der Waals surface area contributed by atoms with Crippen molar-refractivity contribution in [3.05, 3.63) is 65.4 Å². The first-order valence-corrected chi connectivity index (χ1v) is 9.47. The van der Waals surface area contributed by atoms with Gasteiger partial charge in [0.15, 0.2) is 0 Å². The summed E-state index contributed by atoms with van der Waals surface area (Å²) in [5.41, 5.74) is 2.60. The first kappa shape index (κ1) is 21.1. The molecular formula is C23H23N3O4. The standard InChI is InChI=1S/C23H23N3O4/c1-14-25-26-22(30-14)19(12-21(27)28)16-7-5-6-15(10-16)18-11-17(23(2,3)13-24)8-9-20(18)29-4/h5-11,19H,12H2,1-4H3,(H,27,28). The zero-order chi connectivity index (χ0) is 21.9. The van der Waals surface area contributed by atoms with Gasteiger partial charge in [0.2, 0.25) is 11.8 Å². The van der Waals surface area contributed by atoms with Gasteiger partial charge < -0.3 is 14.3 Å². The Morgan fingerprint density at radius 1 is 1.27 bits per heavy atom. The summed E-state index contributed by atoms with van der Waals surface area (Å²) in [7, 11) is 1.59. The fourth-order valence-corrected chi connectivity index (χ4v) is 3.28. The van der Waals surface area contributed by atoms with Gasteiger partial charge in [-0.3, -0.25) is 4.79 Å². The number of aliphatic carboxylic acids is 1. The summed E-state index contributed by atoms with van der Waals surface area (Å²) in [6.07, 6.45) is -0.177. The lowest BCUT2D eigenvalue weighted by Gasteiger charge is -2.19. The Morgan fingerprint density at radius 3 is 2.63 bits per heavy atom. The van der Waals surface area contributed by atoms with Crippen LogP contribution in [0.1, 0.15) is 49.1 Å². The van der Waals surface area contributed by atoms with Crippen molar-refractivity contribution in [1.29, 1.82) is 5.26 Å². The molecule has 1 heterocycles. The van der Waals surface area contributed by atoms with Gasteiger partial charge in [-0.2, -0.15) is 5.26 Å². The number of hydrogen-bond acceptors (Lipinski definition) is 6. The van der Waals surface area contributed by atoms with Gasteiger partial charge in [0.05, 0.1) is 30.9 Å². The smallest absolute Gasteiger partial charge is 0.304 e. The van der Waals surface area contributed by atoms with E-state index >= 15 is 0 Å². The Balaban J connectivity index is 2.11. The minimum Gasteiger partial charge on any atom is -0.496 e. The maximum Gasteiger partial charge on any atom is 0.304 e. The van der Waals surface area contributed by atoms with Gasteiger partial charge in [0.1, 0.15) is 5.75 Å². The third kappa shape index (κ3) is 4.33. The van der Waals surface area contributed by atoms with E-state index in [0.29, 0.717) is 11.6 Å². The van der Waals surface area contributed by atoms with Crippen molar-refractivity contribution < 1.29 is 19.1 Å². The minimum atomic E-state index is -0.961. The molecule has 0 aliphatic heterocycles. The van der Waals surface area contributed by atoms with Crippen LogP contribution in [0, 0.1) is 18.3 Å². The molecule has 0 amide bonds. The molecule has 0 aliphatic rings. The van der Waals surface area contributed by atoms with Crippen LogP contribution in [0.2, 0.25) is 0 Å². The zero-order valence-electron chi connectivity index (χ0n) is 17.3. The Labute approximate surface area is 174 Å². The van der Waals surface area contributed by atoms with Crippen molar-refractivity contribution in [1.82, 2.24) is 10.2 Å². The fraction of sp³-hybridized carbons (Fsp3) is 0.304. The first-order valence-electron chi connectivity index (χ1n) is 9.47. The highest BCUT2D eigenvalue weighted by Gasteiger charge is 2.25. The van der Waals surface area contributed by atoms with E-state index in [4.69, 9.17) is 9.15 Å². The van der Waals surface area contributed by atoms with Crippen molar-refractivity contribution in [2.75, 3.05) is 7.11 Å². The van der Waals surface area contributed by atoms with Crippen LogP contribution in [0.4, 0.5) is 0 Å². The van der Waals surface area contributed by atoms with Gasteiger partial charge in [0.25, 0.3) is 0 Å². The molecule has 0 saturated carbocycles. The highest BCUT2D eigenvalue weighted by molar-refractivity contribution is 5.73. The van der Waals surface area contributed by atoms with E-state index in [1.54, 1.807) is 14.0 Å². The predicted molar refractivity (Wildman–Crippen MR) is 110 cm³/mol. The topological polar surface area (TPSA) is 109 Å². The Kier molecular flexibility index (Phi) is 5.88. The molecule has 1 aromatic heterocycles. The molecule has 2 aromatic carbocycles. The number of hydrogen-bond donors (Lipinski definition) is 1. The van der Waals surface area contributed by atoms with E-state index in [-0.39, 0.29) is 12.3 Å². The molecule has 1 N–H and O–H groups in total. The van der Waals surface area contributed by atoms with Crippen molar-refractivity contribution in [3.63, 3.8) is 0 Å². The van der Waals surface area contributed by atoms with Crippen molar-refractivity contribution in [3.8, 4) is 22.9 Å². The summed E-state index contributed by atoms with van der Waals surface area (Å²) < 4.78 is 11.1. The van der Waals surface area contributed by atoms with Crippen LogP contribution in [0.3, 0.4) is 0 Å².